The zero-order valence-corrected chi connectivity index (χ0v) is 12.6. The minimum atomic E-state index is 0.619. The molecule has 0 saturated carbocycles. The lowest BCUT2D eigenvalue weighted by Gasteiger charge is -2.23. The molecule has 0 saturated heterocycles. The van der Waals surface area contributed by atoms with E-state index in [0.29, 0.717) is 6.04 Å². The van der Waals surface area contributed by atoms with Crippen molar-refractivity contribution in [3.05, 3.63) is 0 Å². The van der Waals surface area contributed by atoms with Crippen molar-refractivity contribution in [2.75, 3.05) is 19.8 Å². The molecule has 0 aromatic heterocycles. The molecule has 0 aliphatic carbocycles. The molecule has 0 aromatic carbocycles. The van der Waals surface area contributed by atoms with E-state index >= 15 is 0 Å². The van der Waals surface area contributed by atoms with Gasteiger partial charge in [-0.1, -0.05) is 34.1 Å². The predicted octanol–water partition coefficient (Wildman–Crippen LogP) is 3.85. The summed E-state index contributed by atoms with van der Waals surface area (Å²) in [7, 11) is 0. The molecule has 2 unspecified atom stereocenters. The molecule has 0 bridgehead atoms. The zero-order valence-electron chi connectivity index (χ0n) is 12.6. The van der Waals surface area contributed by atoms with Crippen LogP contribution >= 0.6 is 0 Å². The molecule has 0 spiro atoms. The van der Waals surface area contributed by atoms with Crippen molar-refractivity contribution < 1.29 is 4.74 Å². The minimum absolute atomic E-state index is 0.619. The van der Waals surface area contributed by atoms with Gasteiger partial charge in [-0.2, -0.15) is 0 Å². The van der Waals surface area contributed by atoms with Crippen LogP contribution in [0.15, 0.2) is 0 Å². The number of hydrogen-bond donors (Lipinski definition) is 1. The Labute approximate surface area is 109 Å². The lowest BCUT2D eigenvalue weighted by molar-refractivity contribution is 0.105. The van der Waals surface area contributed by atoms with Gasteiger partial charge in [-0.15, -0.1) is 0 Å². The Morgan fingerprint density at radius 3 is 2.18 bits per heavy atom. The van der Waals surface area contributed by atoms with E-state index in [1.54, 1.807) is 0 Å². The van der Waals surface area contributed by atoms with Crippen LogP contribution in [0.25, 0.3) is 0 Å². The van der Waals surface area contributed by atoms with Gasteiger partial charge in [0, 0.05) is 19.3 Å². The van der Waals surface area contributed by atoms with Gasteiger partial charge in [-0.25, -0.2) is 0 Å². The molecule has 1 N–H and O–H groups in total. The maximum Gasteiger partial charge on any atom is 0.0469 e. The average molecular weight is 243 g/mol. The Hall–Kier alpha value is -0.0800. The lowest BCUT2D eigenvalue weighted by atomic mass is 9.95. The fourth-order valence-electron chi connectivity index (χ4n) is 2.00. The second kappa shape index (κ2) is 11.0. The Balaban J connectivity index is 3.59. The van der Waals surface area contributed by atoms with Gasteiger partial charge in [0.25, 0.3) is 0 Å². The smallest absolute Gasteiger partial charge is 0.0469 e. The van der Waals surface area contributed by atoms with Gasteiger partial charge in [-0.3, -0.25) is 0 Å². The molecule has 0 heterocycles. The fourth-order valence-corrected chi connectivity index (χ4v) is 2.00. The van der Waals surface area contributed by atoms with E-state index in [0.717, 1.165) is 31.6 Å². The van der Waals surface area contributed by atoms with Crippen molar-refractivity contribution >= 4 is 0 Å². The topological polar surface area (TPSA) is 21.3 Å². The highest BCUT2D eigenvalue weighted by molar-refractivity contribution is 4.70. The molecule has 0 amide bonds. The summed E-state index contributed by atoms with van der Waals surface area (Å²) in [6, 6.07) is 0.619. The highest BCUT2D eigenvalue weighted by Gasteiger charge is 2.14. The van der Waals surface area contributed by atoms with E-state index in [1.807, 2.05) is 0 Å². The van der Waals surface area contributed by atoms with Crippen LogP contribution in [0, 0.1) is 11.8 Å². The molecule has 0 rings (SSSR count). The highest BCUT2D eigenvalue weighted by Crippen LogP contribution is 2.13. The van der Waals surface area contributed by atoms with E-state index in [2.05, 4.69) is 39.9 Å². The quantitative estimate of drug-likeness (QED) is 0.556. The van der Waals surface area contributed by atoms with E-state index in [-0.39, 0.29) is 0 Å². The Morgan fingerprint density at radius 2 is 1.65 bits per heavy atom. The zero-order chi connectivity index (χ0) is 13.1. The summed E-state index contributed by atoms with van der Waals surface area (Å²) < 4.78 is 5.70. The van der Waals surface area contributed by atoms with Crippen molar-refractivity contribution in [1.29, 1.82) is 0 Å². The second-order valence-corrected chi connectivity index (χ2v) is 5.49. The largest absolute Gasteiger partial charge is 0.381 e. The van der Waals surface area contributed by atoms with Gasteiger partial charge in [0.05, 0.1) is 0 Å². The molecule has 2 nitrogen and oxygen atoms in total. The van der Waals surface area contributed by atoms with Gasteiger partial charge in [0.15, 0.2) is 0 Å². The van der Waals surface area contributed by atoms with Gasteiger partial charge >= 0.3 is 0 Å². The van der Waals surface area contributed by atoms with Crippen LogP contribution in [0.3, 0.4) is 0 Å². The summed E-state index contributed by atoms with van der Waals surface area (Å²) in [4.78, 5) is 0. The van der Waals surface area contributed by atoms with Gasteiger partial charge in [0.1, 0.15) is 0 Å². The van der Waals surface area contributed by atoms with E-state index in [4.69, 9.17) is 4.74 Å². The van der Waals surface area contributed by atoms with Crippen LogP contribution in [0.2, 0.25) is 0 Å². The summed E-state index contributed by atoms with van der Waals surface area (Å²) in [5.74, 6) is 1.50. The molecular weight excluding hydrogens is 210 g/mol. The summed E-state index contributed by atoms with van der Waals surface area (Å²) in [5.41, 5.74) is 0. The predicted molar refractivity (Wildman–Crippen MR) is 76.4 cm³/mol. The molecular formula is C15H33NO. The van der Waals surface area contributed by atoms with Crippen molar-refractivity contribution in [2.45, 2.75) is 66.3 Å². The lowest BCUT2D eigenvalue weighted by Crippen LogP contribution is -2.34. The molecule has 104 valence electrons. The number of hydrogen-bond acceptors (Lipinski definition) is 2. The van der Waals surface area contributed by atoms with Crippen LogP contribution in [0.1, 0.15) is 60.3 Å². The normalized spacial score (nSPS) is 15.2. The average Bonchev–Trinajstić information content (AvgIpc) is 2.30. The maximum atomic E-state index is 5.70. The first-order chi connectivity index (χ1) is 8.11. The summed E-state index contributed by atoms with van der Waals surface area (Å²) >= 11 is 0. The van der Waals surface area contributed by atoms with Crippen molar-refractivity contribution in [3.63, 3.8) is 0 Å². The third-order valence-corrected chi connectivity index (χ3v) is 3.42. The standard InChI is InChI=1S/C15H33NO/c1-6-10-16-14(5)15(7-2)9-12-17-11-8-13(3)4/h13-16H,6-12H2,1-5H3. The molecule has 0 aliphatic rings. The van der Waals surface area contributed by atoms with Crippen LogP contribution in [0.4, 0.5) is 0 Å². The van der Waals surface area contributed by atoms with Gasteiger partial charge in [-0.05, 0) is 44.6 Å². The fraction of sp³-hybridized carbons (Fsp3) is 1.00. The highest BCUT2D eigenvalue weighted by atomic mass is 16.5. The minimum Gasteiger partial charge on any atom is -0.381 e. The first kappa shape index (κ1) is 16.9. The Kier molecular flexibility index (Phi) is 11.0. The van der Waals surface area contributed by atoms with Crippen molar-refractivity contribution in [3.8, 4) is 0 Å². The monoisotopic (exact) mass is 243 g/mol. The van der Waals surface area contributed by atoms with Crippen molar-refractivity contribution in [2.24, 2.45) is 11.8 Å². The maximum absolute atomic E-state index is 5.70. The van der Waals surface area contributed by atoms with Crippen LogP contribution in [-0.4, -0.2) is 25.8 Å². The third kappa shape index (κ3) is 9.61. The molecule has 0 aliphatic heterocycles. The molecule has 0 fully saturated rings. The molecule has 0 aromatic rings. The summed E-state index contributed by atoms with van der Waals surface area (Å²) in [6.45, 7) is 14.3. The van der Waals surface area contributed by atoms with E-state index in [1.165, 1.54) is 25.7 Å². The van der Waals surface area contributed by atoms with Crippen molar-refractivity contribution in [1.82, 2.24) is 5.32 Å². The molecule has 0 radical (unpaired) electrons. The first-order valence-electron chi connectivity index (χ1n) is 7.42. The SMILES string of the molecule is CCCNC(C)C(CC)CCOCCC(C)C. The Morgan fingerprint density at radius 1 is 1.00 bits per heavy atom. The number of ether oxygens (including phenoxy) is 1. The van der Waals surface area contributed by atoms with Crippen LogP contribution in [-0.2, 0) is 4.74 Å². The van der Waals surface area contributed by atoms with E-state index < -0.39 is 0 Å². The molecule has 2 heteroatoms. The van der Waals surface area contributed by atoms with Crippen LogP contribution < -0.4 is 5.32 Å². The van der Waals surface area contributed by atoms with E-state index in [9.17, 15) is 0 Å². The van der Waals surface area contributed by atoms with Gasteiger partial charge < -0.3 is 10.1 Å². The summed E-state index contributed by atoms with van der Waals surface area (Å²) in [6.07, 6.45) is 4.82. The molecule has 2 atom stereocenters. The van der Waals surface area contributed by atoms with Crippen LogP contribution in [0.5, 0.6) is 0 Å². The number of rotatable bonds is 11. The third-order valence-electron chi connectivity index (χ3n) is 3.42. The molecule has 17 heavy (non-hydrogen) atoms. The first-order valence-corrected chi connectivity index (χ1v) is 7.42. The second-order valence-electron chi connectivity index (χ2n) is 5.49. The Bertz CT molecular complexity index is 159. The summed E-state index contributed by atoms with van der Waals surface area (Å²) in [5, 5.41) is 3.59. The number of nitrogens with one attached hydrogen (secondary N) is 1. The van der Waals surface area contributed by atoms with Gasteiger partial charge in [0.2, 0.25) is 0 Å².